The van der Waals surface area contributed by atoms with E-state index in [1.165, 1.54) is 17.5 Å². The van der Waals surface area contributed by atoms with E-state index in [4.69, 9.17) is 0 Å². The average Bonchev–Trinajstić information content (AvgIpc) is 2.37. The van der Waals surface area contributed by atoms with Gasteiger partial charge in [0.1, 0.15) is 0 Å². The number of hydrogen-bond acceptors (Lipinski definition) is 5. The third kappa shape index (κ3) is 2.62. The Kier molecular flexibility index (Phi) is 2.70. The van der Waals surface area contributed by atoms with Crippen LogP contribution in [0.4, 0.5) is 5.13 Å². The maximum atomic E-state index is 10.7. The molecule has 1 aromatic heterocycles. The van der Waals surface area contributed by atoms with E-state index in [0.717, 1.165) is 0 Å². The van der Waals surface area contributed by atoms with E-state index in [1.807, 2.05) is 0 Å². The Morgan fingerprint density at radius 3 is 3.08 bits per heavy atom. The highest BCUT2D eigenvalue weighted by atomic mass is 32.1. The maximum Gasteiger partial charge on any atom is 0.297 e. The minimum absolute atomic E-state index is 0.377. The van der Waals surface area contributed by atoms with Gasteiger partial charge in [-0.3, -0.25) is 20.2 Å². The van der Waals surface area contributed by atoms with Crippen molar-refractivity contribution in [2.75, 3.05) is 11.9 Å². The second-order valence-corrected chi connectivity index (χ2v) is 2.77. The number of anilines is 1. The fourth-order valence-corrected chi connectivity index (χ4v) is 1.11. The Morgan fingerprint density at radius 2 is 2.58 bits per heavy atom. The van der Waals surface area contributed by atoms with E-state index in [0.29, 0.717) is 5.13 Å². The van der Waals surface area contributed by atoms with Crippen molar-refractivity contribution in [2.24, 2.45) is 0 Å². The van der Waals surface area contributed by atoms with Gasteiger partial charge >= 0.3 is 0 Å². The van der Waals surface area contributed by atoms with Gasteiger partial charge in [0.2, 0.25) is 0 Å². The van der Waals surface area contributed by atoms with Crippen LogP contribution < -0.4 is 5.32 Å². The number of rotatable bonds is 3. The summed E-state index contributed by atoms with van der Waals surface area (Å²) in [5.74, 6) is -0.657. The number of nitrogens with one attached hydrogen (secondary N) is 1. The molecule has 7 heteroatoms. The van der Waals surface area contributed by atoms with Gasteiger partial charge in [-0.1, -0.05) is 0 Å². The SMILES string of the molecule is O=C(C[N+](=O)[O-])Nc1nccs1. The highest BCUT2D eigenvalue weighted by Gasteiger charge is 2.09. The summed E-state index contributed by atoms with van der Waals surface area (Å²) in [5, 5.41) is 14.2. The zero-order valence-electron chi connectivity index (χ0n) is 5.89. The van der Waals surface area contributed by atoms with Crippen LogP contribution in [-0.2, 0) is 4.79 Å². The molecule has 1 heterocycles. The first-order chi connectivity index (χ1) is 5.68. The summed E-state index contributed by atoms with van der Waals surface area (Å²) >= 11 is 1.21. The van der Waals surface area contributed by atoms with E-state index in [-0.39, 0.29) is 0 Å². The Bertz CT molecular complexity index is 284. The van der Waals surface area contributed by atoms with Crippen LogP contribution in [0.5, 0.6) is 0 Å². The van der Waals surface area contributed by atoms with Crippen molar-refractivity contribution in [2.45, 2.75) is 0 Å². The summed E-state index contributed by atoms with van der Waals surface area (Å²) in [6.07, 6.45) is 1.51. The van der Waals surface area contributed by atoms with Crippen LogP contribution in [0, 0.1) is 10.1 Å². The van der Waals surface area contributed by atoms with Crippen LogP contribution in [0.25, 0.3) is 0 Å². The number of nitrogens with zero attached hydrogens (tertiary/aromatic N) is 2. The van der Waals surface area contributed by atoms with Crippen molar-refractivity contribution < 1.29 is 9.72 Å². The number of carbonyl (C=O) groups excluding carboxylic acids is 1. The van der Waals surface area contributed by atoms with E-state index >= 15 is 0 Å². The molecular formula is C5H5N3O3S. The van der Waals surface area contributed by atoms with Gasteiger partial charge in [0, 0.05) is 16.5 Å². The molecule has 0 aliphatic heterocycles. The van der Waals surface area contributed by atoms with Gasteiger partial charge in [-0.25, -0.2) is 4.98 Å². The van der Waals surface area contributed by atoms with E-state index in [9.17, 15) is 14.9 Å². The van der Waals surface area contributed by atoms with Gasteiger partial charge in [0.15, 0.2) is 5.13 Å². The number of aromatic nitrogens is 1. The van der Waals surface area contributed by atoms with E-state index in [2.05, 4.69) is 10.3 Å². The molecule has 0 atom stereocenters. The Hall–Kier alpha value is -1.50. The van der Waals surface area contributed by atoms with Crippen molar-refractivity contribution in [3.8, 4) is 0 Å². The number of amides is 1. The first-order valence-electron chi connectivity index (χ1n) is 2.99. The largest absolute Gasteiger partial charge is 0.297 e. The van der Waals surface area contributed by atoms with Crippen molar-refractivity contribution in [3.05, 3.63) is 21.7 Å². The van der Waals surface area contributed by atoms with Crippen LogP contribution in [0.2, 0.25) is 0 Å². The monoisotopic (exact) mass is 187 g/mol. The van der Waals surface area contributed by atoms with Gasteiger partial charge in [-0.05, 0) is 0 Å². The lowest BCUT2D eigenvalue weighted by atomic mass is 10.6. The number of nitro groups is 1. The van der Waals surface area contributed by atoms with Crippen molar-refractivity contribution in [1.29, 1.82) is 0 Å². The molecule has 0 saturated heterocycles. The predicted octanol–water partition coefficient (Wildman–Crippen LogP) is 0.358. The summed E-state index contributed by atoms with van der Waals surface area (Å²) in [6, 6.07) is 0. The minimum atomic E-state index is -0.723. The average molecular weight is 187 g/mol. The number of carbonyl (C=O) groups is 1. The molecule has 64 valence electrons. The molecule has 0 spiro atoms. The van der Waals surface area contributed by atoms with Crippen LogP contribution >= 0.6 is 11.3 Å². The van der Waals surface area contributed by atoms with Gasteiger partial charge < -0.3 is 0 Å². The van der Waals surface area contributed by atoms with Gasteiger partial charge in [0.05, 0.1) is 0 Å². The van der Waals surface area contributed by atoms with Crippen molar-refractivity contribution in [1.82, 2.24) is 4.98 Å². The molecule has 1 N–H and O–H groups in total. The second-order valence-electron chi connectivity index (χ2n) is 1.88. The highest BCUT2D eigenvalue weighted by Crippen LogP contribution is 2.09. The zero-order chi connectivity index (χ0) is 8.97. The lowest BCUT2D eigenvalue weighted by Crippen LogP contribution is -2.21. The quantitative estimate of drug-likeness (QED) is 0.546. The Morgan fingerprint density at radius 1 is 1.83 bits per heavy atom. The van der Waals surface area contributed by atoms with E-state index < -0.39 is 17.4 Å². The molecule has 1 amide bonds. The molecule has 1 aromatic rings. The van der Waals surface area contributed by atoms with Gasteiger partial charge in [-0.2, -0.15) is 0 Å². The van der Waals surface area contributed by atoms with Crippen LogP contribution in [0.1, 0.15) is 0 Å². The summed E-state index contributed by atoms with van der Waals surface area (Å²) in [6.45, 7) is -0.723. The second kappa shape index (κ2) is 3.77. The first-order valence-corrected chi connectivity index (χ1v) is 3.87. The number of hydrogen-bond donors (Lipinski definition) is 1. The highest BCUT2D eigenvalue weighted by molar-refractivity contribution is 7.13. The molecule has 6 nitrogen and oxygen atoms in total. The summed E-state index contributed by atoms with van der Waals surface area (Å²) in [4.78, 5) is 23.6. The molecule has 0 aromatic carbocycles. The number of thiazole rings is 1. The van der Waals surface area contributed by atoms with Crippen molar-refractivity contribution >= 4 is 22.4 Å². The minimum Gasteiger partial charge on any atom is -0.296 e. The fraction of sp³-hybridized carbons (Fsp3) is 0.200. The van der Waals surface area contributed by atoms with Crippen molar-refractivity contribution in [3.63, 3.8) is 0 Å². The van der Waals surface area contributed by atoms with E-state index in [1.54, 1.807) is 5.38 Å². The molecule has 0 radical (unpaired) electrons. The Labute approximate surface area is 71.4 Å². The standard InChI is InChI=1S/C5H5N3O3S/c9-4(3-8(10)11)7-5-6-1-2-12-5/h1-2H,3H2,(H,6,7,9). The first kappa shape index (κ1) is 8.60. The molecule has 0 aliphatic rings. The molecule has 12 heavy (non-hydrogen) atoms. The summed E-state index contributed by atoms with van der Waals surface area (Å²) in [5.41, 5.74) is 0. The topological polar surface area (TPSA) is 85.1 Å². The lowest BCUT2D eigenvalue weighted by Gasteiger charge is -1.94. The molecular weight excluding hydrogens is 182 g/mol. The van der Waals surface area contributed by atoms with Gasteiger partial charge in [0.25, 0.3) is 12.5 Å². The smallest absolute Gasteiger partial charge is 0.296 e. The maximum absolute atomic E-state index is 10.7. The van der Waals surface area contributed by atoms with Crippen LogP contribution in [0.3, 0.4) is 0 Å². The predicted molar refractivity (Wildman–Crippen MR) is 42.6 cm³/mol. The lowest BCUT2D eigenvalue weighted by molar-refractivity contribution is -0.467. The van der Waals surface area contributed by atoms with Crippen LogP contribution in [0.15, 0.2) is 11.6 Å². The summed E-state index contributed by atoms with van der Waals surface area (Å²) < 4.78 is 0. The van der Waals surface area contributed by atoms with Gasteiger partial charge in [-0.15, -0.1) is 11.3 Å². The normalized spacial score (nSPS) is 9.33. The molecule has 0 fully saturated rings. The van der Waals surface area contributed by atoms with Crippen LogP contribution in [-0.4, -0.2) is 22.4 Å². The Balaban J connectivity index is 2.42. The fourth-order valence-electron chi connectivity index (χ4n) is 0.561. The third-order valence-corrected chi connectivity index (χ3v) is 1.64. The molecule has 0 aliphatic carbocycles. The zero-order valence-corrected chi connectivity index (χ0v) is 6.71. The molecule has 0 saturated carbocycles. The summed E-state index contributed by atoms with van der Waals surface area (Å²) in [7, 11) is 0. The molecule has 1 rings (SSSR count). The molecule has 0 bridgehead atoms. The third-order valence-electron chi connectivity index (χ3n) is 0.951. The molecule has 0 unspecified atom stereocenters.